The molecular formula is C44H28O. The molecule has 45 heavy (non-hydrogen) atoms. The second-order valence-electron chi connectivity index (χ2n) is 11.6. The average molecular weight is 573 g/mol. The fourth-order valence-electron chi connectivity index (χ4n) is 7.01. The molecule has 1 heteroatoms. The van der Waals surface area contributed by atoms with Gasteiger partial charge >= 0.3 is 0 Å². The van der Waals surface area contributed by atoms with Crippen LogP contribution in [0.3, 0.4) is 0 Å². The SMILES string of the molecule is c1ccc(-c2c3ccccc3c(-c3ccc(-c4ccc5oc6c(-c7ccccc7)cccc6c5c4)cc3)c3ccccc23)cc1. The first kappa shape index (κ1) is 25.6. The lowest BCUT2D eigenvalue weighted by atomic mass is 9.86. The molecule has 0 saturated carbocycles. The zero-order valence-corrected chi connectivity index (χ0v) is 24.6. The first-order valence-electron chi connectivity index (χ1n) is 15.4. The van der Waals surface area contributed by atoms with Crippen LogP contribution in [0, 0.1) is 0 Å². The quantitative estimate of drug-likeness (QED) is 0.191. The summed E-state index contributed by atoms with van der Waals surface area (Å²) >= 11 is 0. The van der Waals surface area contributed by atoms with Gasteiger partial charge in [-0.15, -0.1) is 0 Å². The molecule has 0 amide bonds. The Morgan fingerprint density at radius 2 is 0.756 bits per heavy atom. The highest BCUT2D eigenvalue weighted by Gasteiger charge is 2.17. The zero-order valence-electron chi connectivity index (χ0n) is 24.6. The second kappa shape index (κ2) is 10.4. The lowest BCUT2D eigenvalue weighted by Gasteiger charge is -2.18. The van der Waals surface area contributed by atoms with Gasteiger partial charge in [-0.2, -0.15) is 0 Å². The Labute approximate surface area is 261 Å². The molecule has 0 saturated heterocycles. The van der Waals surface area contributed by atoms with Gasteiger partial charge in [-0.25, -0.2) is 0 Å². The van der Waals surface area contributed by atoms with E-state index in [1.807, 2.05) is 6.07 Å². The van der Waals surface area contributed by atoms with E-state index in [9.17, 15) is 0 Å². The van der Waals surface area contributed by atoms with Crippen LogP contribution in [0.15, 0.2) is 174 Å². The summed E-state index contributed by atoms with van der Waals surface area (Å²) in [4.78, 5) is 0. The molecule has 1 aromatic heterocycles. The van der Waals surface area contributed by atoms with E-state index in [0.717, 1.165) is 33.1 Å². The number of rotatable bonds is 4. The van der Waals surface area contributed by atoms with Gasteiger partial charge < -0.3 is 4.42 Å². The molecule has 0 aliphatic rings. The van der Waals surface area contributed by atoms with Crippen molar-refractivity contribution in [3.63, 3.8) is 0 Å². The minimum Gasteiger partial charge on any atom is -0.455 e. The van der Waals surface area contributed by atoms with Gasteiger partial charge in [0.1, 0.15) is 11.2 Å². The Bertz CT molecular complexity index is 2450. The van der Waals surface area contributed by atoms with Crippen molar-refractivity contribution in [3.8, 4) is 44.5 Å². The van der Waals surface area contributed by atoms with Crippen molar-refractivity contribution in [1.82, 2.24) is 0 Å². The van der Waals surface area contributed by atoms with Crippen molar-refractivity contribution >= 4 is 43.5 Å². The summed E-state index contributed by atoms with van der Waals surface area (Å²) in [6.07, 6.45) is 0. The van der Waals surface area contributed by atoms with Crippen LogP contribution in [0.1, 0.15) is 0 Å². The number of hydrogen-bond donors (Lipinski definition) is 0. The van der Waals surface area contributed by atoms with Crippen LogP contribution in [0.4, 0.5) is 0 Å². The fraction of sp³-hybridized carbons (Fsp3) is 0. The van der Waals surface area contributed by atoms with E-state index in [2.05, 4.69) is 164 Å². The van der Waals surface area contributed by atoms with Gasteiger partial charge in [0.15, 0.2) is 0 Å². The van der Waals surface area contributed by atoms with Crippen molar-refractivity contribution in [2.45, 2.75) is 0 Å². The van der Waals surface area contributed by atoms with Crippen LogP contribution in [-0.4, -0.2) is 0 Å². The Hall–Kier alpha value is -5.92. The Morgan fingerprint density at radius 1 is 0.289 bits per heavy atom. The van der Waals surface area contributed by atoms with Crippen LogP contribution >= 0.6 is 0 Å². The van der Waals surface area contributed by atoms with Gasteiger partial charge in [0.05, 0.1) is 0 Å². The minimum atomic E-state index is 0.908. The zero-order chi connectivity index (χ0) is 29.7. The molecule has 9 rings (SSSR count). The van der Waals surface area contributed by atoms with Crippen molar-refractivity contribution < 1.29 is 4.42 Å². The maximum absolute atomic E-state index is 6.43. The predicted octanol–water partition coefficient (Wildman–Crippen LogP) is 12.6. The van der Waals surface area contributed by atoms with E-state index in [-0.39, 0.29) is 0 Å². The Balaban J connectivity index is 1.18. The third-order valence-corrected chi connectivity index (χ3v) is 9.08. The molecule has 0 spiro atoms. The molecule has 9 aromatic rings. The van der Waals surface area contributed by atoms with Crippen LogP contribution in [0.25, 0.3) is 88.0 Å². The molecule has 0 fully saturated rings. The second-order valence-corrected chi connectivity index (χ2v) is 11.6. The number of para-hydroxylation sites is 1. The summed E-state index contributed by atoms with van der Waals surface area (Å²) in [5, 5.41) is 7.35. The molecule has 210 valence electrons. The highest BCUT2D eigenvalue weighted by atomic mass is 16.3. The van der Waals surface area contributed by atoms with Gasteiger partial charge in [-0.05, 0) is 72.6 Å². The van der Waals surface area contributed by atoms with Gasteiger partial charge in [0, 0.05) is 16.3 Å². The molecular weight excluding hydrogens is 544 g/mol. The normalized spacial score (nSPS) is 11.6. The molecule has 1 heterocycles. The molecule has 0 aliphatic heterocycles. The molecule has 0 unspecified atom stereocenters. The van der Waals surface area contributed by atoms with E-state index < -0.39 is 0 Å². The summed E-state index contributed by atoms with van der Waals surface area (Å²) in [7, 11) is 0. The van der Waals surface area contributed by atoms with Crippen LogP contribution in [-0.2, 0) is 0 Å². The summed E-state index contributed by atoms with van der Waals surface area (Å²) in [6.45, 7) is 0. The number of fused-ring (bicyclic) bond motifs is 5. The summed E-state index contributed by atoms with van der Waals surface area (Å²) in [5.74, 6) is 0. The van der Waals surface area contributed by atoms with E-state index in [4.69, 9.17) is 4.42 Å². The maximum atomic E-state index is 6.43. The lowest BCUT2D eigenvalue weighted by molar-refractivity contribution is 0.670. The van der Waals surface area contributed by atoms with Gasteiger partial charge in [-0.1, -0.05) is 158 Å². The largest absolute Gasteiger partial charge is 0.455 e. The number of benzene rings is 8. The summed E-state index contributed by atoms with van der Waals surface area (Å²) < 4.78 is 6.43. The number of hydrogen-bond acceptors (Lipinski definition) is 1. The van der Waals surface area contributed by atoms with Crippen molar-refractivity contribution in [3.05, 3.63) is 170 Å². The van der Waals surface area contributed by atoms with Crippen LogP contribution in [0.5, 0.6) is 0 Å². The van der Waals surface area contributed by atoms with Crippen molar-refractivity contribution in [2.75, 3.05) is 0 Å². The molecule has 0 radical (unpaired) electrons. The molecule has 0 aliphatic carbocycles. The third kappa shape index (κ3) is 4.17. The van der Waals surface area contributed by atoms with E-state index in [1.165, 1.54) is 54.9 Å². The van der Waals surface area contributed by atoms with E-state index in [0.29, 0.717) is 0 Å². The highest BCUT2D eigenvalue weighted by molar-refractivity contribution is 6.21. The van der Waals surface area contributed by atoms with Gasteiger partial charge in [-0.3, -0.25) is 0 Å². The first-order chi connectivity index (χ1) is 22.3. The van der Waals surface area contributed by atoms with Crippen LogP contribution < -0.4 is 0 Å². The maximum Gasteiger partial charge on any atom is 0.143 e. The highest BCUT2D eigenvalue weighted by Crippen LogP contribution is 2.44. The summed E-state index contributed by atoms with van der Waals surface area (Å²) in [6, 6.07) is 60.9. The summed E-state index contributed by atoms with van der Waals surface area (Å²) in [5.41, 5.74) is 11.5. The minimum absolute atomic E-state index is 0.908. The Kier molecular flexibility index (Phi) is 5.89. The lowest BCUT2D eigenvalue weighted by Crippen LogP contribution is -1.90. The number of furan rings is 1. The molecule has 8 aromatic carbocycles. The van der Waals surface area contributed by atoms with Gasteiger partial charge in [0.25, 0.3) is 0 Å². The predicted molar refractivity (Wildman–Crippen MR) is 190 cm³/mol. The van der Waals surface area contributed by atoms with Crippen molar-refractivity contribution in [1.29, 1.82) is 0 Å². The van der Waals surface area contributed by atoms with Crippen LogP contribution in [0.2, 0.25) is 0 Å². The van der Waals surface area contributed by atoms with E-state index in [1.54, 1.807) is 0 Å². The molecule has 0 N–H and O–H groups in total. The standard InChI is InChI=1S/C44H28O/c1-3-12-30(13-4-1)34-20-11-21-39-40-28-33(26-27-41(40)45-44(34)39)29-22-24-32(25-23-29)43-37-18-9-7-16-35(37)42(31-14-5-2-6-15-31)36-17-8-10-19-38(36)43/h1-28H. The Morgan fingerprint density at radius 3 is 1.36 bits per heavy atom. The molecule has 0 atom stereocenters. The third-order valence-electron chi connectivity index (χ3n) is 9.08. The van der Waals surface area contributed by atoms with Gasteiger partial charge in [0.2, 0.25) is 0 Å². The topological polar surface area (TPSA) is 13.1 Å². The van der Waals surface area contributed by atoms with E-state index >= 15 is 0 Å². The monoisotopic (exact) mass is 572 g/mol. The fourth-order valence-corrected chi connectivity index (χ4v) is 7.01. The molecule has 0 bridgehead atoms. The molecule has 1 nitrogen and oxygen atoms in total. The average Bonchev–Trinajstić information content (AvgIpc) is 3.50. The van der Waals surface area contributed by atoms with Crippen molar-refractivity contribution in [2.24, 2.45) is 0 Å². The smallest absolute Gasteiger partial charge is 0.143 e. The first-order valence-corrected chi connectivity index (χ1v) is 15.4.